The fourth-order valence-electron chi connectivity index (χ4n) is 1.80. The standard InChI is InChI=1S/C16H17N3O2/c20-15(19-14-8-4-5-10-17-14)9-11-18-16(21)12-13-6-2-1-3-7-13/h1-8,10H,9,11-12H2,(H,18,21)(H,17,19,20). The summed E-state index contributed by atoms with van der Waals surface area (Å²) in [7, 11) is 0. The van der Waals surface area contributed by atoms with Crippen LogP contribution in [0.4, 0.5) is 5.82 Å². The molecule has 0 atom stereocenters. The summed E-state index contributed by atoms with van der Waals surface area (Å²) >= 11 is 0. The summed E-state index contributed by atoms with van der Waals surface area (Å²) in [5, 5.41) is 5.39. The molecule has 0 unspecified atom stereocenters. The van der Waals surface area contributed by atoms with Crippen molar-refractivity contribution < 1.29 is 9.59 Å². The third kappa shape index (κ3) is 5.44. The van der Waals surface area contributed by atoms with E-state index in [-0.39, 0.29) is 18.2 Å². The molecule has 0 aliphatic carbocycles. The molecule has 1 aromatic carbocycles. The van der Waals surface area contributed by atoms with Crippen LogP contribution in [0.1, 0.15) is 12.0 Å². The van der Waals surface area contributed by atoms with Crippen LogP contribution in [0.5, 0.6) is 0 Å². The van der Waals surface area contributed by atoms with Gasteiger partial charge in [0.25, 0.3) is 0 Å². The van der Waals surface area contributed by atoms with Gasteiger partial charge in [-0.3, -0.25) is 9.59 Å². The van der Waals surface area contributed by atoms with Crippen LogP contribution in [0, 0.1) is 0 Å². The minimum Gasteiger partial charge on any atom is -0.355 e. The van der Waals surface area contributed by atoms with Gasteiger partial charge in [0, 0.05) is 19.2 Å². The van der Waals surface area contributed by atoms with E-state index in [0.717, 1.165) is 5.56 Å². The summed E-state index contributed by atoms with van der Waals surface area (Å²) in [5.74, 6) is 0.249. The number of carbonyl (C=O) groups is 2. The number of carbonyl (C=O) groups excluding carboxylic acids is 2. The zero-order chi connectivity index (χ0) is 14.9. The molecular weight excluding hydrogens is 266 g/mol. The van der Waals surface area contributed by atoms with Crippen molar-refractivity contribution >= 4 is 17.6 Å². The lowest BCUT2D eigenvalue weighted by molar-refractivity contribution is -0.120. The fourth-order valence-corrected chi connectivity index (χ4v) is 1.80. The summed E-state index contributed by atoms with van der Waals surface area (Å²) in [6, 6.07) is 14.8. The van der Waals surface area contributed by atoms with Gasteiger partial charge in [-0.1, -0.05) is 36.4 Å². The molecule has 108 valence electrons. The van der Waals surface area contributed by atoms with E-state index in [4.69, 9.17) is 0 Å². The van der Waals surface area contributed by atoms with Crippen molar-refractivity contribution in [1.82, 2.24) is 10.3 Å². The molecule has 21 heavy (non-hydrogen) atoms. The fraction of sp³-hybridized carbons (Fsp3) is 0.188. The maximum absolute atomic E-state index is 11.7. The summed E-state index contributed by atoms with van der Waals surface area (Å²) < 4.78 is 0. The molecule has 0 bridgehead atoms. The van der Waals surface area contributed by atoms with Crippen molar-refractivity contribution in [2.45, 2.75) is 12.8 Å². The number of aromatic nitrogens is 1. The Morgan fingerprint density at radius 2 is 1.71 bits per heavy atom. The Morgan fingerprint density at radius 1 is 0.952 bits per heavy atom. The normalized spacial score (nSPS) is 9.90. The van der Waals surface area contributed by atoms with Gasteiger partial charge in [-0.2, -0.15) is 0 Å². The van der Waals surface area contributed by atoms with Crippen LogP contribution in [-0.2, 0) is 16.0 Å². The third-order valence-electron chi connectivity index (χ3n) is 2.81. The predicted molar refractivity (Wildman–Crippen MR) is 80.6 cm³/mol. The molecule has 2 amide bonds. The van der Waals surface area contributed by atoms with E-state index < -0.39 is 0 Å². The first-order valence-corrected chi connectivity index (χ1v) is 6.75. The topological polar surface area (TPSA) is 71.1 Å². The maximum atomic E-state index is 11.7. The zero-order valence-corrected chi connectivity index (χ0v) is 11.6. The number of nitrogens with one attached hydrogen (secondary N) is 2. The third-order valence-corrected chi connectivity index (χ3v) is 2.81. The minimum absolute atomic E-state index is 0.0909. The van der Waals surface area contributed by atoms with Crippen LogP contribution in [0.3, 0.4) is 0 Å². The van der Waals surface area contributed by atoms with Gasteiger partial charge in [-0.25, -0.2) is 4.98 Å². The van der Waals surface area contributed by atoms with E-state index in [9.17, 15) is 9.59 Å². The Kier molecular flexibility index (Phi) is 5.46. The largest absolute Gasteiger partial charge is 0.355 e. The average Bonchev–Trinajstić information content (AvgIpc) is 2.49. The van der Waals surface area contributed by atoms with Gasteiger partial charge < -0.3 is 10.6 Å². The van der Waals surface area contributed by atoms with Crippen molar-refractivity contribution in [3.63, 3.8) is 0 Å². The van der Waals surface area contributed by atoms with Gasteiger partial charge in [-0.15, -0.1) is 0 Å². The van der Waals surface area contributed by atoms with E-state index in [1.165, 1.54) is 0 Å². The Morgan fingerprint density at radius 3 is 2.43 bits per heavy atom. The number of benzene rings is 1. The molecule has 0 fully saturated rings. The summed E-state index contributed by atoms with van der Waals surface area (Å²) in [6.07, 6.45) is 2.15. The second-order valence-electron chi connectivity index (χ2n) is 4.53. The Labute approximate surface area is 123 Å². The zero-order valence-electron chi connectivity index (χ0n) is 11.6. The van der Waals surface area contributed by atoms with Crippen LogP contribution in [0.15, 0.2) is 54.7 Å². The molecule has 2 N–H and O–H groups in total. The monoisotopic (exact) mass is 283 g/mol. The SMILES string of the molecule is O=C(Cc1ccccc1)NCCC(=O)Nc1ccccn1. The summed E-state index contributed by atoms with van der Waals surface area (Å²) in [6.45, 7) is 0.310. The molecule has 2 rings (SSSR count). The Bertz CT molecular complexity index is 531. The van der Waals surface area contributed by atoms with Crippen LogP contribution in [0.2, 0.25) is 0 Å². The number of pyridine rings is 1. The summed E-state index contributed by atoms with van der Waals surface area (Å²) in [4.78, 5) is 27.3. The van der Waals surface area contributed by atoms with E-state index in [0.29, 0.717) is 18.8 Å². The maximum Gasteiger partial charge on any atom is 0.227 e. The van der Waals surface area contributed by atoms with Gasteiger partial charge in [-0.05, 0) is 17.7 Å². The molecule has 0 spiro atoms. The highest BCUT2D eigenvalue weighted by Gasteiger charge is 2.05. The van der Waals surface area contributed by atoms with Gasteiger partial charge in [0.1, 0.15) is 5.82 Å². The lowest BCUT2D eigenvalue weighted by Gasteiger charge is -2.06. The van der Waals surface area contributed by atoms with Crippen molar-refractivity contribution in [3.05, 3.63) is 60.3 Å². The van der Waals surface area contributed by atoms with E-state index in [1.54, 1.807) is 24.4 Å². The highest BCUT2D eigenvalue weighted by molar-refractivity contribution is 5.90. The molecule has 2 aromatic rings. The highest BCUT2D eigenvalue weighted by Crippen LogP contribution is 2.01. The van der Waals surface area contributed by atoms with Gasteiger partial charge in [0.05, 0.1) is 6.42 Å². The second kappa shape index (κ2) is 7.79. The molecule has 0 aliphatic heterocycles. The van der Waals surface area contributed by atoms with Crippen molar-refractivity contribution in [1.29, 1.82) is 0 Å². The van der Waals surface area contributed by atoms with Crippen LogP contribution < -0.4 is 10.6 Å². The Hall–Kier alpha value is -2.69. The van der Waals surface area contributed by atoms with Crippen molar-refractivity contribution in [3.8, 4) is 0 Å². The molecule has 5 nitrogen and oxygen atoms in total. The smallest absolute Gasteiger partial charge is 0.227 e. The number of hydrogen-bond donors (Lipinski definition) is 2. The lowest BCUT2D eigenvalue weighted by Crippen LogP contribution is -2.28. The average molecular weight is 283 g/mol. The minimum atomic E-state index is -0.172. The molecule has 1 aromatic heterocycles. The van der Waals surface area contributed by atoms with Crippen molar-refractivity contribution in [2.75, 3.05) is 11.9 Å². The molecule has 0 radical (unpaired) electrons. The number of anilines is 1. The van der Waals surface area contributed by atoms with E-state index >= 15 is 0 Å². The second-order valence-corrected chi connectivity index (χ2v) is 4.53. The van der Waals surface area contributed by atoms with E-state index in [2.05, 4.69) is 15.6 Å². The number of nitrogens with zero attached hydrogens (tertiary/aromatic N) is 1. The van der Waals surface area contributed by atoms with Crippen molar-refractivity contribution in [2.24, 2.45) is 0 Å². The van der Waals surface area contributed by atoms with Crippen LogP contribution in [0.25, 0.3) is 0 Å². The first-order chi connectivity index (χ1) is 10.2. The quantitative estimate of drug-likeness (QED) is 0.848. The molecule has 0 aliphatic rings. The number of rotatable bonds is 6. The summed E-state index contributed by atoms with van der Waals surface area (Å²) in [5.41, 5.74) is 0.952. The first kappa shape index (κ1) is 14.7. The van der Waals surface area contributed by atoms with Gasteiger partial charge >= 0.3 is 0 Å². The number of hydrogen-bond acceptors (Lipinski definition) is 3. The lowest BCUT2D eigenvalue weighted by atomic mass is 10.1. The van der Waals surface area contributed by atoms with Crippen LogP contribution >= 0.6 is 0 Å². The Balaban J connectivity index is 1.67. The molecule has 1 heterocycles. The molecule has 5 heteroatoms. The van der Waals surface area contributed by atoms with Crippen LogP contribution in [-0.4, -0.2) is 23.3 Å². The predicted octanol–water partition coefficient (Wildman–Crippen LogP) is 1.77. The number of amides is 2. The molecule has 0 saturated heterocycles. The van der Waals surface area contributed by atoms with Gasteiger partial charge in [0.2, 0.25) is 11.8 Å². The van der Waals surface area contributed by atoms with E-state index in [1.807, 2.05) is 30.3 Å². The molecule has 0 saturated carbocycles. The van der Waals surface area contributed by atoms with Gasteiger partial charge in [0.15, 0.2) is 0 Å². The highest BCUT2D eigenvalue weighted by atomic mass is 16.2. The molecular formula is C16H17N3O2. The first-order valence-electron chi connectivity index (χ1n) is 6.75.